The second-order valence-electron chi connectivity index (χ2n) is 17.7. The molecule has 0 amide bonds. The summed E-state index contributed by atoms with van der Waals surface area (Å²) in [6, 6.07) is 16.5. The van der Waals surface area contributed by atoms with Crippen molar-refractivity contribution >= 4 is 27.2 Å². The van der Waals surface area contributed by atoms with E-state index in [1.54, 1.807) is 0 Å². The molecule has 5 rings (SSSR count). The van der Waals surface area contributed by atoms with Gasteiger partial charge in [0.2, 0.25) is 0 Å². The number of aliphatic hydroxyl groups excluding tert-OH is 1. The van der Waals surface area contributed by atoms with Crippen LogP contribution in [0.25, 0.3) is 31.8 Å². The van der Waals surface area contributed by atoms with Crippen LogP contribution < -0.4 is 0 Å². The normalized spacial score (nSPS) is 15.3. The second-order valence-corrected chi connectivity index (χ2v) is 18.7. The zero-order valence-corrected chi connectivity index (χ0v) is 38.0. The molecule has 0 unspecified atom stereocenters. The van der Waals surface area contributed by atoms with Crippen LogP contribution in [0.3, 0.4) is 0 Å². The molecule has 303 valence electrons. The molecule has 0 atom stereocenters. The number of halogens is 3. The van der Waals surface area contributed by atoms with Gasteiger partial charge in [-0.25, -0.2) is 0 Å². The first-order chi connectivity index (χ1) is 25.1. The number of carbonyl (C=O) groups is 1. The van der Waals surface area contributed by atoms with E-state index < -0.39 is 11.7 Å². The Kier molecular flexibility index (Phi) is 16.2. The quantitative estimate of drug-likeness (QED) is 0.0979. The van der Waals surface area contributed by atoms with Gasteiger partial charge in [-0.05, 0) is 83.3 Å². The van der Waals surface area contributed by atoms with E-state index in [2.05, 4.69) is 80.3 Å². The van der Waals surface area contributed by atoms with Crippen molar-refractivity contribution in [3.8, 4) is 21.7 Å². The number of pyridine rings is 1. The average Bonchev–Trinajstić information content (AvgIpc) is 3.45. The van der Waals surface area contributed by atoms with Crippen LogP contribution in [-0.2, 0) is 31.1 Å². The number of benzene rings is 2. The molecule has 2 aromatic heterocycles. The molecule has 2 aromatic carbocycles. The van der Waals surface area contributed by atoms with Crippen LogP contribution in [0.15, 0.2) is 60.5 Å². The van der Waals surface area contributed by atoms with Crippen LogP contribution in [0.4, 0.5) is 13.2 Å². The van der Waals surface area contributed by atoms with Gasteiger partial charge in [0.1, 0.15) is 0 Å². The van der Waals surface area contributed by atoms with Crippen LogP contribution in [0.1, 0.15) is 123 Å². The van der Waals surface area contributed by atoms with Crippen LogP contribution in [0.5, 0.6) is 0 Å². The molecule has 2 heterocycles. The summed E-state index contributed by atoms with van der Waals surface area (Å²) in [6.45, 7) is 25.1. The first-order valence-electron chi connectivity index (χ1n) is 19.7. The Morgan fingerprint density at radius 2 is 1.44 bits per heavy atom. The summed E-state index contributed by atoms with van der Waals surface area (Å²) in [5.41, 5.74) is 4.90. The Morgan fingerprint density at radius 1 is 0.891 bits per heavy atom. The number of allylic oxidation sites excluding steroid dienone is 2. The van der Waals surface area contributed by atoms with Crippen molar-refractivity contribution in [3.05, 3.63) is 88.8 Å². The Morgan fingerprint density at radius 3 is 1.93 bits per heavy atom. The largest absolute Gasteiger partial charge is 0.512 e. The molecule has 8 heteroatoms. The Labute approximate surface area is 346 Å². The molecule has 1 N–H and O–H groups in total. The van der Waals surface area contributed by atoms with E-state index in [1.165, 1.54) is 48.1 Å². The Balaban J connectivity index is 0.000000349. The summed E-state index contributed by atoms with van der Waals surface area (Å²) in [5, 5.41) is 10.5. The van der Waals surface area contributed by atoms with Crippen molar-refractivity contribution in [2.75, 3.05) is 0 Å². The van der Waals surface area contributed by atoms with Gasteiger partial charge in [-0.2, -0.15) is 13.2 Å². The fourth-order valence-corrected chi connectivity index (χ4v) is 9.91. The van der Waals surface area contributed by atoms with E-state index in [0.717, 1.165) is 29.5 Å². The SMILES string of the molecule is CC(C)C(C(=O)/C=C(\O)C(C(C)C)C(C)C)C(C)C.Cc1[c-]c(-c2nccc3c(C(F)(F)F)c(-c4ccc(C5CCC(C)(C)CC5)cc4)sc23)cc(C)c1.[Ir]. The number of nitrogens with zero attached hydrogens (tertiary/aromatic N) is 1. The molecule has 0 saturated heterocycles. The molecule has 1 saturated carbocycles. The van der Waals surface area contributed by atoms with Gasteiger partial charge in [0.15, 0.2) is 5.78 Å². The van der Waals surface area contributed by atoms with Crippen molar-refractivity contribution in [3.63, 3.8) is 0 Å². The third kappa shape index (κ3) is 11.6. The van der Waals surface area contributed by atoms with Gasteiger partial charge in [0.25, 0.3) is 0 Å². The molecule has 0 spiro atoms. The fraction of sp³-hybridized carbons (Fsp3) is 0.532. The maximum atomic E-state index is 14.4. The van der Waals surface area contributed by atoms with E-state index >= 15 is 0 Å². The third-order valence-corrected chi connectivity index (χ3v) is 12.4. The summed E-state index contributed by atoms with van der Waals surface area (Å²) in [5.74, 6) is 2.11. The number of carbonyl (C=O) groups excluding carboxylic acids is 1. The minimum Gasteiger partial charge on any atom is -0.512 e. The van der Waals surface area contributed by atoms with Gasteiger partial charge in [-0.1, -0.05) is 107 Å². The summed E-state index contributed by atoms with van der Waals surface area (Å²) >= 11 is 1.18. The molecule has 0 bridgehead atoms. The molecule has 0 aliphatic heterocycles. The molecule has 4 aromatic rings. The Hall–Kier alpha value is -2.80. The van der Waals surface area contributed by atoms with Crippen LogP contribution >= 0.6 is 11.3 Å². The number of fused-ring (bicyclic) bond motifs is 1. The van der Waals surface area contributed by atoms with Crippen molar-refractivity contribution in [2.45, 2.75) is 121 Å². The summed E-state index contributed by atoms with van der Waals surface area (Å²) in [4.78, 5) is 17.1. The first-order valence-corrected chi connectivity index (χ1v) is 20.5. The van der Waals surface area contributed by atoms with Gasteiger partial charge in [0.05, 0.1) is 11.3 Å². The number of alkyl halides is 3. The maximum absolute atomic E-state index is 14.4. The monoisotopic (exact) mass is 953 g/mol. The molecule has 1 aliphatic rings. The van der Waals surface area contributed by atoms with E-state index in [-0.39, 0.29) is 53.7 Å². The van der Waals surface area contributed by atoms with Crippen molar-refractivity contribution < 1.29 is 43.2 Å². The topological polar surface area (TPSA) is 50.2 Å². The first kappa shape index (κ1) is 46.6. The third-order valence-electron chi connectivity index (χ3n) is 11.1. The van der Waals surface area contributed by atoms with Crippen molar-refractivity contribution in [1.29, 1.82) is 0 Å². The van der Waals surface area contributed by atoms with E-state index in [4.69, 9.17) is 0 Å². The molecule has 3 nitrogen and oxygen atoms in total. The number of ketones is 1. The number of hydrogen-bond acceptors (Lipinski definition) is 4. The minimum absolute atomic E-state index is 0. The summed E-state index contributed by atoms with van der Waals surface area (Å²) in [6.07, 6.45) is 3.11. The molecule has 1 aliphatic carbocycles. The molecule has 1 radical (unpaired) electrons. The number of aromatic nitrogens is 1. The number of aryl methyl sites for hydroxylation is 2. The van der Waals surface area contributed by atoms with Crippen LogP contribution in [0.2, 0.25) is 0 Å². The summed E-state index contributed by atoms with van der Waals surface area (Å²) < 4.78 is 43.7. The van der Waals surface area contributed by atoms with E-state index in [0.29, 0.717) is 51.0 Å². The molecule has 55 heavy (non-hydrogen) atoms. The standard InChI is InChI=1S/C30H29F3NS.C17H32O2.Ir/c1-18-15-19(2)17-23(16-18)26-28-24(11-14-34-26)25(30(31,32)33)27(35-28)22-7-5-20(6-8-22)21-9-12-29(3,4)13-10-21;1-10(2)16(11(3)4)14(18)9-15(19)17(12(5)6)13(7)8;/h5-8,11,14-16,21H,9-10,12-13H2,1-4H3;9-13,16-18H,1-8H3;/q-1;;/b;14-9-;. The van der Waals surface area contributed by atoms with Gasteiger partial charge >= 0.3 is 6.18 Å². The zero-order chi connectivity index (χ0) is 40.3. The average molecular weight is 953 g/mol. The number of aliphatic hydroxyl groups is 1. The second kappa shape index (κ2) is 19.1. The molecular weight excluding hydrogens is 892 g/mol. The van der Waals surface area contributed by atoms with E-state index in [9.17, 15) is 23.1 Å². The van der Waals surface area contributed by atoms with Crippen LogP contribution in [0, 0.1) is 60.8 Å². The minimum atomic E-state index is -4.47. The molecular formula is C47H61F3IrNO2S-. The molecule has 1 fully saturated rings. The van der Waals surface area contributed by atoms with Gasteiger partial charge < -0.3 is 10.1 Å². The van der Waals surface area contributed by atoms with Gasteiger partial charge in [-0.15, -0.1) is 46.2 Å². The summed E-state index contributed by atoms with van der Waals surface area (Å²) in [7, 11) is 0. The van der Waals surface area contributed by atoms with Gasteiger partial charge in [-0.3, -0.25) is 4.79 Å². The predicted molar refractivity (Wildman–Crippen MR) is 221 cm³/mol. The maximum Gasteiger partial charge on any atom is 0.418 e. The van der Waals surface area contributed by atoms with Crippen LogP contribution in [-0.4, -0.2) is 15.9 Å². The zero-order valence-electron chi connectivity index (χ0n) is 34.7. The van der Waals surface area contributed by atoms with E-state index in [1.807, 2.05) is 50.2 Å². The Bertz CT molecular complexity index is 1870. The smallest absolute Gasteiger partial charge is 0.418 e. The fourth-order valence-electron chi connectivity index (χ4n) is 8.58. The van der Waals surface area contributed by atoms with Gasteiger partial charge in [0, 0.05) is 59.5 Å². The number of rotatable bonds is 10. The van der Waals surface area contributed by atoms with Crippen molar-refractivity contribution in [1.82, 2.24) is 4.98 Å². The number of thiophene rings is 1. The number of hydrogen-bond donors (Lipinski definition) is 1. The van der Waals surface area contributed by atoms with Crippen molar-refractivity contribution in [2.24, 2.45) is 40.9 Å². The predicted octanol–water partition coefficient (Wildman–Crippen LogP) is 14.6.